The number of cyclic esters (lactones) is 1. The molecule has 0 spiro atoms. The lowest BCUT2D eigenvalue weighted by Gasteiger charge is -2.37. The molecule has 0 aromatic carbocycles. The van der Waals surface area contributed by atoms with Crippen LogP contribution in [0.25, 0.3) is 0 Å². The summed E-state index contributed by atoms with van der Waals surface area (Å²) in [5.74, 6) is -0.866. The molecule has 0 aliphatic carbocycles. The third kappa shape index (κ3) is 3.19. The second-order valence-electron chi connectivity index (χ2n) is 5.46. The number of hydrogen-bond acceptors (Lipinski definition) is 4. The molecule has 0 bridgehead atoms. The first kappa shape index (κ1) is 13.5. The van der Waals surface area contributed by atoms with E-state index in [1.807, 2.05) is 6.92 Å². The highest BCUT2D eigenvalue weighted by Crippen LogP contribution is 2.30. The first-order valence-electron chi connectivity index (χ1n) is 5.83. The molecule has 16 heavy (non-hydrogen) atoms. The highest BCUT2D eigenvalue weighted by molar-refractivity contribution is 5.73. The molecule has 0 aromatic rings. The molecule has 1 heterocycles. The number of esters is 1. The highest BCUT2D eigenvalue weighted by Gasteiger charge is 2.40. The van der Waals surface area contributed by atoms with Crippen LogP contribution in [0.15, 0.2) is 0 Å². The Bertz CT molecular complexity index is 256. The maximum absolute atomic E-state index is 11.4. The topological polar surface area (TPSA) is 66.8 Å². The van der Waals surface area contributed by atoms with Gasteiger partial charge in [0.2, 0.25) is 0 Å². The maximum Gasteiger partial charge on any atom is 0.311 e. The molecule has 1 saturated heterocycles. The Balaban J connectivity index is 2.57. The van der Waals surface area contributed by atoms with Crippen molar-refractivity contribution in [2.24, 2.45) is 11.8 Å². The van der Waals surface area contributed by atoms with Crippen LogP contribution in [0.5, 0.6) is 0 Å². The largest absolute Gasteiger partial charge is 0.462 e. The zero-order chi connectivity index (χ0) is 12.5. The highest BCUT2D eigenvalue weighted by atomic mass is 16.5. The zero-order valence-corrected chi connectivity index (χ0v) is 10.4. The fourth-order valence-electron chi connectivity index (χ4n) is 2.00. The van der Waals surface area contributed by atoms with E-state index in [4.69, 9.17) is 4.74 Å². The summed E-state index contributed by atoms with van der Waals surface area (Å²) in [6.45, 7) is 7.00. The molecule has 0 aromatic heterocycles. The van der Waals surface area contributed by atoms with E-state index in [0.717, 1.165) is 0 Å². The van der Waals surface area contributed by atoms with E-state index in [0.29, 0.717) is 12.8 Å². The standard InChI is InChI=1S/C12H22O4/c1-7-9(5-6-12(3,4)15)16-11(14)8(2)10(7)13/h7-10,13,15H,5-6H2,1-4H3/t7?,8-,9+,10?/m1/s1. The van der Waals surface area contributed by atoms with Crippen molar-refractivity contribution in [3.63, 3.8) is 0 Å². The second-order valence-corrected chi connectivity index (χ2v) is 5.46. The molecule has 1 aliphatic heterocycles. The molecule has 4 nitrogen and oxygen atoms in total. The quantitative estimate of drug-likeness (QED) is 0.712. The van der Waals surface area contributed by atoms with Crippen molar-refractivity contribution >= 4 is 5.97 Å². The molecule has 0 amide bonds. The molecule has 4 atom stereocenters. The van der Waals surface area contributed by atoms with Gasteiger partial charge in [-0.05, 0) is 33.6 Å². The smallest absolute Gasteiger partial charge is 0.311 e. The van der Waals surface area contributed by atoms with Crippen LogP contribution in [0.3, 0.4) is 0 Å². The molecule has 1 rings (SSSR count). The van der Waals surface area contributed by atoms with Crippen LogP contribution in [-0.2, 0) is 9.53 Å². The molecule has 4 heteroatoms. The van der Waals surface area contributed by atoms with E-state index < -0.39 is 17.6 Å². The van der Waals surface area contributed by atoms with Gasteiger partial charge in [-0.1, -0.05) is 6.92 Å². The van der Waals surface area contributed by atoms with Crippen LogP contribution in [-0.4, -0.2) is 34.0 Å². The fourth-order valence-corrected chi connectivity index (χ4v) is 2.00. The SMILES string of the molecule is CC1C(O)[C@@H](C)C(=O)O[C@H]1CCC(C)(C)O. The average Bonchev–Trinajstić information content (AvgIpc) is 2.17. The van der Waals surface area contributed by atoms with E-state index in [1.165, 1.54) is 0 Å². The van der Waals surface area contributed by atoms with Gasteiger partial charge < -0.3 is 14.9 Å². The molecule has 1 aliphatic rings. The van der Waals surface area contributed by atoms with Crippen LogP contribution in [0.4, 0.5) is 0 Å². The molecule has 0 radical (unpaired) electrons. The number of aliphatic hydroxyl groups is 2. The van der Waals surface area contributed by atoms with E-state index >= 15 is 0 Å². The van der Waals surface area contributed by atoms with Gasteiger partial charge in [0.25, 0.3) is 0 Å². The minimum Gasteiger partial charge on any atom is -0.462 e. The molecular formula is C12H22O4. The van der Waals surface area contributed by atoms with Gasteiger partial charge in [-0.2, -0.15) is 0 Å². The minimum atomic E-state index is -0.764. The molecular weight excluding hydrogens is 208 g/mol. The van der Waals surface area contributed by atoms with Crippen LogP contribution in [0.1, 0.15) is 40.5 Å². The second kappa shape index (κ2) is 4.72. The predicted octanol–water partition coefficient (Wildman–Crippen LogP) is 1.10. The van der Waals surface area contributed by atoms with Gasteiger partial charge in [0.15, 0.2) is 0 Å². The normalized spacial score (nSPS) is 36.0. The average molecular weight is 230 g/mol. The van der Waals surface area contributed by atoms with Gasteiger partial charge in [-0.15, -0.1) is 0 Å². The number of carbonyl (C=O) groups is 1. The first-order valence-corrected chi connectivity index (χ1v) is 5.83. The van der Waals surface area contributed by atoms with Crippen molar-refractivity contribution in [1.29, 1.82) is 0 Å². The molecule has 0 saturated carbocycles. The van der Waals surface area contributed by atoms with Crippen molar-refractivity contribution in [2.45, 2.75) is 58.3 Å². The van der Waals surface area contributed by atoms with Crippen molar-refractivity contribution in [3.8, 4) is 0 Å². The summed E-state index contributed by atoms with van der Waals surface area (Å²) >= 11 is 0. The Morgan fingerprint density at radius 2 is 1.94 bits per heavy atom. The molecule has 94 valence electrons. The Morgan fingerprint density at radius 3 is 2.44 bits per heavy atom. The lowest BCUT2D eigenvalue weighted by atomic mass is 9.83. The summed E-state index contributed by atoms with van der Waals surface area (Å²) < 4.78 is 5.27. The number of ether oxygens (including phenoxy) is 1. The number of aliphatic hydroxyl groups excluding tert-OH is 1. The van der Waals surface area contributed by atoms with E-state index in [1.54, 1.807) is 20.8 Å². The van der Waals surface area contributed by atoms with Gasteiger partial charge in [0.1, 0.15) is 6.10 Å². The summed E-state index contributed by atoms with van der Waals surface area (Å²) in [5, 5.41) is 19.5. The summed E-state index contributed by atoms with van der Waals surface area (Å²) in [7, 11) is 0. The lowest BCUT2D eigenvalue weighted by Crippen LogP contribution is -2.47. The van der Waals surface area contributed by atoms with Gasteiger partial charge in [0.05, 0.1) is 17.6 Å². The monoisotopic (exact) mass is 230 g/mol. The summed E-state index contributed by atoms with van der Waals surface area (Å²) in [4.78, 5) is 11.4. The van der Waals surface area contributed by atoms with Crippen LogP contribution < -0.4 is 0 Å². The number of carbonyl (C=O) groups excluding carboxylic acids is 1. The Hall–Kier alpha value is -0.610. The van der Waals surface area contributed by atoms with Gasteiger partial charge in [-0.25, -0.2) is 0 Å². The van der Waals surface area contributed by atoms with E-state index in [2.05, 4.69) is 0 Å². The summed E-state index contributed by atoms with van der Waals surface area (Å²) in [5.41, 5.74) is -0.764. The fraction of sp³-hybridized carbons (Fsp3) is 0.917. The van der Waals surface area contributed by atoms with Crippen molar-refractivity contribution in [1.82, 2.24) is 0 Å². The lowest BCUT2D eigenvalue weighted by molar-refractivity contribution is -0.178. The van der Waals surface area contributed by atoms with Gasteiger partial charge >= 0.3 is 5.97 Å². The third-order valence-electron chi connectivity index (χ3n) is 3.32. The van der Waals surface area contributed by atoms with Gasteiger partial charge in [-0.3, -0.25) is 4.79 Å². The van der Waals surface area contributed by atoms with Crippen molar-refractivity contribution in [3.05, 3.63) is 0 Å². The third-order valence-corrected chi connectivity index (χ3v) is 3.32. The van der Waals surface area contributed by atoms with Crippen molar-refractivity contribution < 1.29 is 19.7 Å². The Labute approximate surface area is 96.6 Å². The summed E-state index contributed by atoms with van der Waals surface area (Å²) in [6, 6.07) is 0. The predicted molar refractivity (Wildman–Crippen MR) is 59.7 cm³/mol. The Kier molecular flexibility index (Phi) is 3.97. The molecule has 1 fully saturated rings. The summed E-state index contributed by atoms with van der Waals surface area (Å²) in [6.07, 6.45) is 0.203. The molecule has 2 unspecified atom stereocenters. The number of hydrogen-bond donors (Lipinski definition) is 2. The van der Waals surface area contributed by atoms with Crippen molar-refractivity contribution in [2.75, 3.05) is 0 Å². The number of rotatable bonds is 3. The van der Waals surface area contributed by atoms with Crippen LogP contribution >= 0.6 is 0 Å². The minimum absolute atomic E-state index is 0.0740. The van der Waals surface area contributed by atoms with Crippen LogP contribution in [0.2, 0.25) is 0 Å². The first-order chi connectivity index (χ1) is 7.22. The van der Waals surface area contributed by atoms with Gasteiger partial charge in [0, 0.05) is 5.92 Å². The van der Waals surface area contributed by atoms with E-state index in [-0.39, 0.29) is 18.0 Å². The zero-order valence-electron chi connectivity index (χ0n) is 10.4. The van der Waals surface area contributed by atoms with Crippen LogP contribution in [0, 0.1) is 11.8 Å². The van der Waals surface area contributed by atoms with E-state index in [9.17, 15) is 15.0 Å². The molecule has 2 N–H and O–H groups in total. The maximum atomic E-state index is 11.4. The Morgan fingerprint density at radius 1 is 1.38 bits per heavy atom.